The number of rotatable bonds is 6. The first-order chi connectivity index (χ1) is 9.51. The zero-order chi connectivity index (χ0) is 14.8. The molecule has 1 aromatic rings. The molecular weight excluding hydrogens is 382 g/mol. The predicted molar refractivity (Wildman–Crippen MR) is 91.4 cm³/mol. The van der Waals surface area contributed by atoms with Crippen LogP contribution in [0.15, 0.2) is 27.1 Å². The number of hydrogen-bond donors (Lipinski definition) is 1. The van der Waals surface area contributed by atoms with E-state index in [1.807, 2.05) is 18.2 Å². The van der Waals surface area contributed by atoms with E-state index in [0.29, 0.717) is 12.1 Å². The van der Waals surface area contributed by atoms with Crippen LogP contribution in [0.3, 0.4) is 0 Å². The summed E-state index contributed by atoms with van der Waals surface area (Å²) in [5, 5.41) is 3.65. The summed E-state index contributed by atoms with van der Waals surface area (Å²) in [6, 6.07) is 6.65. The van der Waals surface area contributed by atoms with Crippen LogP contribution >= 0.6 is 31.9 Å². The van der Waals surface area contributed by atoms with Crippen LogP contribution in [0.5, 0.6) is 5.75 Å². The lowest BCUT2D eigenvalue weighted by atomic mass is 9.61. The molecule has 0 spiro atoms. The standard InChI is InChI=1S/C16H23Br2NO/c1-4-8-19-14-10-15(16(14,3)5-2)20-13-7-6-11(17)9-12(13)18/h6-7,9,14-15,19H,4-5,8,10H2,1-3H3. The number of hydrogen-bond acceptors (Lipinski definition) is 2. The van der Waals surface area contributed by atoms with Gasteiger partial charge < -0.3 is 10.1 Å². The summed E-state index contributed by atoms with van der Waals surface area (Å²) in [6.45, 7) is 7.89. The molecule has 0 radical (unpaired) electrons. The molecule has 0 aromatic heterocycles. The summed E-state index contributed by atoms with van der Waals surface area (Å²) in [4.78, 5) is 0. The normalized spacial score (nSPS) is 29.1. The second-order valence-electron chi connectivity index (χ2n) is 5.78. The summed E-state index contributed by atoms with van der Waals surface area (Å²) in [6.07, 6.45) is 3.69. The van der Waals surface area contributed by atoms with Gasteiger partial charge in [0.05, 0.1) is 4.47 Å². The van der Waals surface area contributed by atoms with E-state index < -0.39 is 0 Å². The lowest BCUT2D eigenvalue weighted by Gasteiger charge is -2.53. The van der Waals surface area contributed by atoms with Gasteiger partial charge in [-0.2, -0.15) is 0 Å². The van der Waals surface area contributed by atoms with Gasteiger partial charge in [-0.1, -0.05) is 36.7 Å². The molecule has 20 heavy (non-hydrogen) atoms. The van der Waals surface area contributed by atoms with Crippen LogP contribution in [-0.2, 0) is 0 Å². The van der Waals surface area contributed by atoms with E-state index in [9.17, 15) is 0 Å². The highest BCUT2D eigenvalue weighted by Gasteiger charge is 2.51. The summed E-state index contributed by atoms with van der Waals surface area (Å²) >= 11 is 7.05. The highest BCUT2D eigenvalue weighted by Crippen LogP contribution is 2.47. The molecule has 0 saturated heterocycles. The minimum atomic E-state index is 0.224. The van der Waals surface area contributed by atoms with Gasteiger partial charge in [-0.3, -0.25) is 0 Å². The minimum Gasteiger partial charge on any atom is -0.489 e. The first kappa shape index (κ1) is 16.3. The van der Waals surface area contributed by atoms with E-state index in [1.54, 1.807) is 0 Å². The SMILES string of the molecule is CCCNC1CC(Oc2ccc(Br)cc2Br)C1(C)CC. The van der Waals surface area contributed by atoms with Crippen molar-refractivity contribution in [1.82, 2.24) is 5.32 Å². The van der Waals surface area contributed by atoms with Crippen molar-refractivity contribution in [2.75, 3.05) is 6.54 Å². The number of nitrogens with one attached hydrogen (secondary N) is 1. The fourth-order valence-corrected chi connectivity index (χ4v) is 3.97. The quantitative estimate of drug-likeness (QED) is 0.707. The first-order valence-electron chi connectivity index (χ1n) is 7.36. The Labute approximate surface area is 138 Å². The average molecular weight is 405 g/mol. The van der Waals surface area contributed by atoms with Crippen molar-refractivity contribution in [3.05, 3.63) is 27.1 Å². The van der Waals surface area contributed by atoms with Gasteiger partial charge in [-0.15, -0.1) is 0 Å². The van der Waals surface area contributed by atoms with Gasteiger partial charge in [0, 0.05) is 22.4 Å². The topological polar surface area (TPSA) is 21.3 Å². The van der Waals surface area contributed by atoms with Crippen LogP contribution < -0.4 is 10.1 Å². The summed E-state index contributed by atoms with van der Waals surface area (Å²) in [5.74, 6) is 0.937. The highest BCUT2D eigenvalue weighted by molar-refractivity contribution is 9.11. The third-order valence-corrected chi connectivity index (χ3v) is 5.66. The zero-order valence-electron chi connectivity index (χ0n) is 12.4. The monoisotopic (exact) mass is 403 g/mol. The van der Waals surface area contributed by atoms with Crippen molar-refractivity contribution in [3.63, 3.8) is 0 Å². The molecule has 1 aliphatic carbocycles. The molecule has 112 valence electrons. The van der Waals surface area contributed by atoms with Crippen molar-refractivity contribution < 1.29 is 4.74 Å². The van der Waals surface area contributed by atoms with E-state index >= 15 is 0 Å². The van der Waals surface area contributed by atoms with Crippen molar-refractivity contribution in [2.24, 2.45) is 5.41 Å². The van der Waals surface area contributed by atoms with Crippen LogP contribution in [-0.4, -0.2) is 18.7 Å². The average Bonchev–Trinajstić information content (AvgIpc) is 2.43. The molecule has 1 aromatic carbocycles. The third kappa shape index (κ3) is 3.23. The van der Waals surface area contributed by atoms with Gasteiger partial charge in [-0.25, -0.2) is 0 Å². The Bertz CT molecular complexity index is 466. The van der Waals surface area contributed by atoms with E-state index in [-0.39, 0.29) is 5.41 Å². The first-order valence-corrected chi connectivity index (χ1v) is 8.95. The second kappa shape index (κ2) is 6.80. The fourth-order valence-electron chi connectivity index (χ4n) is 2.83. The smallest absolute Gasteiger partial charge is 0.134 e. The van der Waals surface area contributed by atoms with Crippen molar-refractivity contribution >= 4 is 31.9 Å². The van der Waals surface area contributed by atoms with Crippen LogP contribution in [0, 0.1) is 5.41 Å². The van der Waals surface area contributed by atoms with Gasteiger partial charge in [0.25, 0.3) is 0 Å². The van der Waals surface area contributed by atoms with Crippen molar-refractivity contribution in [3.8, 4) is 5.75 Å². The Balaban J connectivity index is 2.03. The Kier molecular flexibility index (Phi) is 5.55. The maximum atomic E-state index is 6.25. The van der Waals surface area contributed by atoms with Gasteiger partial charge in [0.1, 0.15) is 11.9 Å². The zero-order valence-corrected chi connectivity index (χ0v) is 15.6. The van der Waals surface area contributed by atoms with Crippen LogP contribution in [0.1, 0.15) is 40.0 Å². The minimum absolute atomic E-state index is 0.224. The fraction of sp³-hybridized carbons (Fsp3) is 0.625. The molecule has 0 amide bonds. The Hall–Kier alpha value is -0.0600. The molecule has 1 N–H and O–H groups in total. The molecule has 2 rings (SSSR count). The maximum absolute atomic E-state index is 6.25. The van der Waals surface area contributed by atoms with Crippen molar-refractivity contribution in [1.29, 1.82) is 0 Å². The van der Waals surface area contributed by atoms with Crippen molar-refractivity contribution in [2.45, 2.75) is 52.2 Å². The van der Waals surface area contributed by atoms with Crippen LogP contribution in [0.4, 0.5) is 0 Å². The summed E-state index contributed by atoms with van der Waals surface area (Å²) in [7, 11) is 0. The largest absolute Gasteiger partial charge is 0.489 e. The summed E-state index contributed by atoms with van der Waals surface area (Å²) < 4.78 is 8.32. The van der Waals surface area contributed by atoms with Gasteiger partial charge >= 0.3 is 0 Å². The molecular formula is C16H23Br2NO. The van der Waals surface area contributed by atoms with E-state index in [1.165, 1.54) is 6.42 Å². The predicted octanol–water partition coefficient (Wildman–Crippen LogP) is 5.15. The van der Waals surface area contributed by atoms with E-state index in [0.717, 1.165) is 34.1 Å². The Morgan fingerprint density at radius 1 is 1.35 bits per heavy atom. The Morgan fingerprint density at radius 3 is 2.70 bits per heavy atom. The maximum Gasteiger partial charge on any atom is 0.134 e. The van der Waals surface area contributed by atoms with E-state index in [2.05, 4.69) is 57.9 Å². The molecule has 1 fully saturated rings. The lowest BCUT2D eigenvalue weighted by Crippen LogP contribution is -2.63. The lowest BCUT2D eigenvalue weighted by molar-refractivity contribution is -0.0704. The molecule has 3 unspecified atom stereocenters. The second-order valence-corrected chi connectivity index (χ2v) is 7.55. The van der Waals surface area contributed by atoms with Gasteiger partial charge in [-0.05, 0) is 53.5 Å². The summed E-state index contributed by atoms with van der Waals surface area (Å²) in [5.41, 5.74) is 0.224. The van der Waals surface area contributed by atoms with Gasteiger partial charge in [0.15, 0.2) is 0 Å². The molecule has 1 aliphatic rings. The molecule has 1 saturated carbocycles. The number of benzene rings is 1. The molecule has 3 atom stereocenters. The molecule has 0 heterocycles. The molecule has 4 heteroatoms. The highest BCUT2D eigenvalue weighted by atomic mass is 79.9. The number of halogens is 2. The van der Waals surface area contributed by atoms with Crippen LogP contribution in [0.2, 0.25) is 0 Å². The Morgan fingerprint density at radius 2 is 2.10 bits per heavy atom. The number of ether oxygens (including phenoxy) is 1. The van der Waals surface area contributed by atoms with E-state index in [4.69, 9.17) is 4.74 Å². The van der Waals surface area contributed by atoms with Crippen LogP contribution in [0.25, 0.3) is 0 Å². The molecule has 0 bridgehead atoms. The molecule has 2 nitrogen and oxygen atoms in total. The third-order valence-electron chi connectivity index (χ3n) is 4.55. The molecule has 0 aliphatic heterocycles. The van der Waals surface area contributed by atoms with Gasteiger partial charge in [0.2, 0.25) is 0 Å².